The molecule has 0 heterocycles. The van der Waals surface area contributed by atoms with Gasteiger partial charge in [-0.05, 0) is 131 Å². The minimum atomic E-state index is -4.48. The van der Waals surface area contributed by atoms with Gasteiger partial charge in [0.2, 0.25) is 0 Å². The highest BCUT2D eigenvalue weighted by atomic mass is 19.4. The van der Waals surface area contributed by atoms with E-state index < -0.39 is 6.36 Å². The van der Waals surface area contributed by atoms with E-state index in [9.17, 15) is 13.2 Å². The average molecular weight is 966 g/mol. The molecular weight excluding hydrogens is 842 g/mol. The number of alkyl halides is 3. The van der Waals surface area contributed by atoms with Crippen LogP contribution in [0.1, 0.15) is 238 Å². The lowest BCUT2D eigenvalue weighted by atomic mass is 9.84. The second-order valence-corrected chi connectivity index (χ2v) is 26.8. The predicted octanol–water partition coefficient (Wildman–Crippen LogP) is 18.1. The van der Waals surface area contributed by atoms with Crippen LogP contribution in [0.25, 0.3) is 0 Å². The summed E-state index contributed by atoms with van der Waals surface area (Å²) in [5.41, 5.74) is 2.41. The van der Waals surface area contributed by atoms with Gasteiger partial charge in [0, 0.05) is 61.5 Å². The van der Waals surface area contributed by atoms with E-state index in [4.69, 9.17) is 28.4 Å². The monoisotopic (exact) mass is 965 g/mol. The minimum Gasteiger partial charge on any atom is -0.385 e. The molecule has 10 heteroatoms. The third-order valence-corrected chi connectivity index (χ3v) is 8.76. The first-order valence-electron chi connectivity index (χ1n) is 25.0. The van der Waals surface area contributed by atoms with Gasteiger partial charge in [0.1, 0.15) is 0 Å². The molecule has 0 N–H and O–H groups in total. The maximum absolute atomic E-state index is 11.4. The van der Waals surface area contributed by atoms with Gasteiger partial charge < -0.3 is 28.4 Å². The van der Waals surface area contributed by atoms with Crippen molar-refractivity contribution in [2.75, 3.05) is 68.1 Å². The Labute approximate surface area is 413 Å². The number of methoxy groups -OCH3 is 4. The molecule has 7 nitrogen and oxygen atoms in total. The number of hydrogen-bond acceptors (Lipinski definition) is 7. The molecule has 66 heavy (non-hydrogen) atoms. The number of rotatable bonds is 17. The van der Waals surface area contributed by atoms with Gasteiger partial charge in [-0.2, -0.15) is 0 Å². The maximum Gasteiger partial charge on any atom is 0.522 e. The summed E-state index contributed by atoms with van der Waals surface area (Å²) in [7, 11) is 7.02. The smallest absolute Gasteiger partial charge is 0.385 e. The van der Waals surface area contributed by atoms with Crippen molar-refractivity contribution in [3.05, 3.63) is 0 Å². The van der Waals surface area contributed by atoms with Gasteiger partial charge in [-0.1, -0.05) is 145 Å². The molecule has 410 valence electrons. The Morgan fingerprint density at radius 2 is 0.788 bits per heavy atom. The summed E-state index contributed by atoms with van der Waals surface area (Å²) in [6.45, 7) is 62.4. The number of halogens is 3. The standard InChI is InChI=1S/2C9H20O.3C8H18O.C7H13F3O.C7H16O/c1-8(2,3)7-9(4,5)10-6;1-8(2)10-7-6-9(3,4)5;1-7(9-5)6-8(2,3)4;1-8(2,3)6-5-7-9-4;1-5-9-7-6-8(2,3)4;1-6(2,3)4-5-11-7(8,9)10;1-7(2,3)5-6-8-4/h7H2,1-6H3;8H,6-7H2,1-5H3;7H,6H2,1-5H3;2*5-7H2,1-4H3;4-5H2,1-3H3;5-6H2,1-4H3. The van der Waals surface area contributed by atoms with Gasteiger partial charge in [0.25, 0.3) is 0 Å². The summed E-state index contributed by atoms with van der Waals surface area (Å²) < 4.78 is 68.8. The van der Waals surface area contributed by atoms with Crippen LogP contribution in [-0.2, 0) is 33.2 Å². The van der Waals surface area contributed by atoms with Gasteiger partial charge in [-0.25, -0.2) is 0 Å². The fourth-order valence-electron chi connectivity index (χ4n) is 5.05. The molecule has 1 atom stereocenters. The molecule has 0 aromatic carbocycles. The third-order valence-electron chi connectivity index (χ3n) is 8.76. The maximum atomic E-state index is 11.4. The second-order valence-electron chi connectivity index (χ2n) is 26.8. The van der Waals surface area contributed by atoms with Gasteiger partial charge in [-0.15, -0.1) is 13.2 Å². The van der Waals surface area contributed by atoms with Crippen molar-refractivity contribution < 1.29 is 46.3 Å². The van der Waals surface area contributed by atoms with Gasteiger partial charge in [0.15, 0.2) is 0 Å². The normalized spacial score (nSPS) is 13.1. The van der Waals surface area contributed by atoms with Crippen molar-refractivity contribution >= 4 is 0 Å². The topological polar surface area (TPSA) is 64.6 Å². The van der Waals surface area contributed by atoms with E-state index in [1.165, 1.54) is 12.8 Å². The predicted molar refractivity (Wildman–Crippen MR) is 284 cm³/mol. The molecule has 0 fully saturated rings. The highest BCUT2D eigenvalue weighted by Gasteiger charge is 2.29. The van der Waals surface area contributed by atoms with Crippen LogP contribution in [0.5, 0.6) is 0 Å². The van der Waals surface area contributed by atoms with Crippen LogP contribution in [-0.4, -0.2) is 92.3 Å². The Balaban J connectivity index is -0.000000123. The van der Waals surface area contributed by atoms with Gasteiger partial charge in [-0.3, -0.25) is 4.74 Å². The Kier molecular flexibility index (Phi) is 48.4. The van der Waals surface area contributed by atoms with Crippen molar-refractivity contribution in [3.63, 3.8) is 0 Å². The average Bonchev–Trinajstić information content (AvgIpc) is 3.04. The summed E-state index contributed by atoms with van der Waals surface area (Å²) in [5.74, 6) is 0. The third kappa shape index (κ3) is 110. The van der Waals surface area contributed by atoms with Crippen LogP contribution >= 0.6 is 0 Å². The Hall–Kier alpha value is -0.490. The quantitative estimate of drug-likeness (QED) is 0.135. The highest BCUT2D eigenvalue weighted by molar-refractivity contribution is 4.76. The zero-order chi connectivity index (χ0) is 54.5. The Bertz CT molecular complexity index is 960. The lowest BCUT2D eigenvalue weighted by Crippen LogP contribution is -2.28. The lowest BCUT2D eigenvalue weighted by molar-refractivity contribution is -0.325. The molecular formula is C56H123F3O7. The number of ether oxygens (including phenoxy) is 7. The van der Waals surface area contributed by atoms with Crippen molar-refractivity contribution in [2.24, 2.45) is 37.9 Å². The van der Waals surface area contributed by atoms with Crippen LogP contribution in [0.3, 0.4) is 0 Å². The van der Waals surface area contributed by atoms with Crippen LogP contribution < -0.4 is 0 Å². The van der Waals surface area contributed by atoms with Crippen molar-refractivity contribution in [1.82, 2.24) is 0 Å². The molecule has 0 saturated carbocycles. The van der Waals surface area contributed by atoms with E-state index in [0.717, 1.165) is 65.1 Å². The van der Waals surface area contributed by atoms with E-state index in [0.29, 0.717) is 51.1 Å². The molecule has 0 amide bonds. The molecule has 0 bridgehead atoms. The van der Waals surface area contributed by atoms with Crippen molar-refractivity contribution in [2.45, 2.75) is 262 Å². The molecule has 0 rings (SSSR count). The minimum absolute atomic E-state index is 0.0260. The van der Waals surface area contributed by atoms with Gasteiger partial charge >= 0.3 is 6.36 Å². The van der Waals surface area contributed by atoms with Crippen molar-refractivity contribution in [1.29, 1.82) is 0 Å². The van der Waals surface area contributed by atoms with Crippen LogP contribution in [0.15, 0.2) is 0 Å². The second kappa shape index (κ2) is 40.1. The Morgan fingerprint density at radius 1 is 0.424 bits per heavy atom. The summed E-state index contributed by atoms with van der Waals surface area (Å²) in [5, 5.41) is 0. The first-order chi connectivity index (χ1) is 29.0. The van der Waals surface area contributed by atoms with Crippen LogP contribution in [0.2, 0.25) is 0 Å². The molecule has 0 aromatic rings. The first-order valence-corrected chi connectivity index (χ1v) is 25.0. The van der Waals surface area contributed by atoms with Crippen LogP contribution in [0.4, 0.5) is 13.2 Å². The van der Waals surface area contributed by atoms with E-state index in [1.807, 2.05) is 27.7 Å². The fourth-order valence-corrected chi connectivity index (χ4v) is 5.05. The zero-order valence-corrected chi connectivity index (χ0v) is 50.5. The molecule has 0 aliphatic heterocycles. The van der Waals surface area contributed by atoms with E-state index >= 15 is 0 Å². The van der Waals surface area contributed by atoms with E-state index in [2.05, 4.69) is 164 Å². The summed E-state index contributed by atoms with van der Waals surface area (Å²) in [6, 6.07) is 0. The molecule has 0 spiro atoms. The Morgan fingerprint density at radius 3 is 1.02 bits per heavy atom. The molecule has 0 aliphatic rings. The highest BCUT2D eigenvalue weighted by Crippen LogP contribution is 2.29. The molecule has 0 radical (unpaired) electrons. The van der Waals surface area contributed by atoms with E-state index in [-0.39, 0.29) is 17.6 Å². The molecule has 0 aromatic heterocycles. The summed E-state index contributed by atoms with van der Waals surface area (Å²) >= 11 is 0. The molecule has 0 aliphatic carbocycles. The van der Waals surface area contributed by atoms with Crippen molar-refractivity contribution in [3.8, 4) is 0 Å². The summed E-state index contributed by atoms with van der Waals surface area (Å²) in [4.78, 5) is 0. The number of hydrogen-bond donors (Lipinski definition) is 0. The van der Waals surface area contributed by atoms with Gasteiger partial charge in [0.05, 0.1) is 24.4 Å². The zero-order valence-electron chi connectivity index (χ0n) is 50.5. The summed E-state index contributed by atoms with van der Waals surface area (Å²) in [6.07, 6.45) is 4.79. The lowest BCUT2D eigenvalue weighted by Gasteiger charge is -2.30. The largest absolute Gasteiger partial charge is 0.522 e. The van der Waals surface area contributed by atoms with E-state index in [1.54, 1.807) is 28.4 Å². The fraction of sp³-hybridized carbons (Fsp3) is 1.00. The molecule has 1 unspecified atom stereocenters. The van der Waals surface area contributed by atoms with Crippen LogP contribution in [0, 0.1) is 37.9 Å². The molecule has 0 saturated heterocycles. The first kappa shape index (κ1) is 79.6. The SMILES string of the molecule is CC(C)(C)CCOC(F)(F)F.CC(C)OCCC(C)(C)C.CCOCCC(C)(C)C.COC(C)(C)CC(C)(C)C.COC(C)CC(C)(C)C.COCCC(C)(C)C.COCCCC(C)(C)C.